The zero-order chi connectivity index (χ0) is 20.5. The number of benzene rings is 2. The number of halogens is 1. The molecule has 0 aliphatic carbocycles. The number of fused-ring (bicyclic) bond motifs is 1. The van der Waals surface area contributed by atoms with Crippen molar-refractivity contribution in [2.24, 2.45) is 0 Å². The first-order valence-electron chi connectivity index (χ1n) is 8.49. The first-order chi connectivity index (χ1) is 13.2. The van der Waals surface area contributed by atoms with E-state index in [2.05, 4.69) is 0 Å². The number of anilines is 1. The first kappa shape index (κ1) is 20.3. The van der Waals surface area contributed by atoms with Crippen molar-refractivity contribution in [1.29, 1.82) is 0 Å². The lowest BCUT2D eigenvalue weighted by Crippen LogP contribution is -2.33. The number of para-hydroxylation sites is 1. The van der Waals surface area contributed by atoms with E-state index in [9.17, 15) is 18.0 Å². The summed E-state index contributed by atoms with van der Waals surface area (Å²) in [6.07, 6.45) is 0.749. The van der Waals surface area contributed by atoms with E-state index < -0.39 is 22.6 Å². The molecule has 0 unspecified atom stereocenters. The minimum Gasteiger partial charge on any atom is -0.452 e. The maximum absolute atomic E-state index is 12.4. The maximum Gasteiger partial charge on any atom is 0.338 e. The number of ether oxygens (including phenoxy) is 1. The predicted octanol–water partition coefficient (Wildman–Crippen LogP) is 2.34. The zero-order valence-corrected chi connectivity index (χ0v) is 17.0. The summed E-state index contributed by atoms with van der Waals surface area (Å²) in [7, 11) is -1.09. The van der Waals surface area contributed by atoms with Crippen LogP contribution in [0.15, 0.2) is 47.4 Å². The highest BCUT2D eigenvalue weighted by Crippen LogP contribution is 2.28. The summed E-state index contributed by atoms with van der Waals surface area (Å²) in [5.74, 6) is -1.14. The van der Waals surface area contributed by atoms with Gasteiger partial charge in [0.1, 0.15) is 4.90 Å². The van der Waals surface area contributed by atoms with E-state index in [1.54, 1.807) is 4.90 Å². The maximum atomic E-state index is 12.4. The molecule has 0 atom stereocenters. The van der Waals surface area contributed by atoms with Gasteiger partial charge in [0.25, 0.3) is 5.91 Å². The second kappa shape index (κ2) is 7.90. The predicted molar refractivity (Wildman–Crippen MR) is 105 cm³/mol. The summed E-state index contributed by atoms with van der Waals surface area (Å²) in [5.41, 5.74) is 1.88. The number of sulfonamides is 1. The second-order valence-electron chi connectivity index (χ2n) is 6.43. The second-order valence-corrected chi connectivity index (χ2v) is 8.96. The minimum absolute atomic E-state index is 0.000512. The van der Waals surface area contributed by atoms with Crippen LogP contribution in [0.4, 0.5) is 5.69 Å². The Balaban J connectivity index is 1.72. The molecule has 1 aliphatic heterocycles. The van der Waals surface area contributed by atoms with Gasteiger partial charge in [-0.25, -0.2) is 17.5 Å². The van der Waals surface area contributed by atoms with Crippen molar-refractivity contribution in [2.75, 3.05) is 32.1 Å². The van der Waals surface area contributed by atoms with Gasteiger partial charge in [-0.1, -0.05) is 29.8 Å². The first-order valence-corrected chi connectivity index (χ1v) is 10.3. The van der Waals surface area contributed by atoms with Gasteiger partial charge in [-0.15, -0.1) is 0 Å². The summed E-state index contributed by atoms with van der Waals surface area (Å²) >= 11 is 5.97. The molecule has 0 fully saturated rings. The van der Waals surface area contributed by atoms with Gasteiger partial charge < -0.3 is 9.64 Å². The molecule has 0 saturated heterocycles. The Morgan fingerprint density at radius 1 is 1.18 bits per heavy atom. The minimum atomic E-state index is -3.82. The van der Waals surface area contributed by atoms with Crippen LogP contribution in [-0.2, 0) is 26.0 Å². The molecular formula is C19H19ClN2O5S. The third-order valence-corrected chi connectivity index (χ3v) is 6.74. The molecule has 1 heterocycles. The van der Waals surface area contributed by atoms with E-state index in [0.29, 0.717) is 6.54 Å². The zero-order valence-electron chi connectivity index (χ0n) is 15.4. The molecule has 28 heavy (non-hydrogen) atoms. The smallest absolute Gasteiger partial charge is 0.338 e. The summed E-state index contributed by atoms with van der Waals surface area (Å²) in [6, 6.07) is 11.4. The molecule has 9 heteroatoms. The number of carbonyl (C=O) groups is 2. The van der Waals surface area contributed by atoms with E-state index in [1.807, 2.05) is 24.3 Å². The highest BCUT2D eigenvalue weighted by Gasteiger charge is 2.26. The van der Waals surface area contributed by atoms with E-state index in [-0.39, 0.29) is 21.4 Å². The number of carbonyl (C=O) groups excluding carboxylic acids is 2. The van der Waals surface area contributed by atoms with Gasteiger partial charge >= 0.3 is 5.97 Å². The molecule has 0 bridgehead atoms. The SMILES string of the molecule is CN(C)S(=O)(=O)c1cc(C(=O)OCC(=O)N2CCc3ccccc32)ccc1Cl. The molecule has 0 spiro atoms. The Hall–Kier alpha value is -2.42. The van der Waals surface area contributed by atoms with Crippen LogP contribution >= 0.6 is 11.6 Å². The monoisotopic (exact) mass is 422 g/mol. The Kier molecular flexibility index (Phi) is 5.74. The van der Waals surface area contributed by atoms with Gasteiger partial charge in [-0.05, 0) is 36.2 Å². The molecule has 0 aromatic heterocycles. The van der Waals surface area contributed by atoms with Gasteiger partial charge in [-0.2, -0.15) is 0 Å². The fourth-order valence-electron chi connectivity index (χ4n) is 2.91. The number of rotatable bonds is 5. The van der Waals surface area contributed by atoms with E-state index >= 15 is 0 Å². The average Bonchev–Trinajstić information content (AvgIpc) is 3.10. The fraction of sp³-hybridized carbons (Fsp3) is 0.263. The summed E-state index contributed by atoms with van der Waals surface area (Å²) in [5, 5.41) is -0.00463. The quantitative estimate of drug-likeness (QED) is 0.690. The largest absolute Gasteiger partial charge is 0.452 e. The van der Waals surface area contributed by atoms with Crippen molar-refractivity contribution in [3.63, 3.8) is 0 Å². The molecule has 2 aromatic carbocycles. The molecule has 3 rings (SSSR count). The molecule has 0 saturated carbocycles. The van der Waals surface area contributed by atoms with Gasteiger partial charge in [0.2, 0.25) is 10.0 Å². The van der Waals surface area contributed by atoms with E-state index in [4.69, 9.17) is 16.3 Å². The van der Waals surface area contributed by atoms with E-state index in [0.717, 1.165) is 28.0 Å². The van der Waals surface area contributed by atoms with Crippen molar-refractivity contribution in [2.45, 2.75) is 11.3 Å². The number of hydrogen-bond donors (Lipinski definition) is 0. The lowest BCUT2D eigenvalue weighted by Gasteiger charge is -2.17. The van der Waals surface area contributed by atoms with Gasteiger partial charge in [-0.3, -0.25) is 4.79 Å². The number of hydrogen-bond acceptors (Lipinski definition) is 5. The molecule has 0 N–H and O–H groups in total. The standard InChI is InChI=1S/C19H19ClN2O5S/c1-21(2)28(25,26)17-11-14(7-8-15(17)20)19(24)27-12-18(23)22-10-9-13-5-3-4-6-16(13)22/h3-8,11H,9-10,12H2,1-2H3. The lowest BCUT2D eigenvalue weighted by atomic mass is 10.2. The van der Waals surface area contributed by atoms with Crippen LogP contribution < -0.4 is 4.90 Å². The van der Waals surface area contributed by atoms with Crippen LogP contribution in [0, 0.1) is 0 Å². The number of esters is 1. The molecule has 1 amide bonds. The van der Waals surface area contributed by atoms with Crippen LogP contribution in [0.1, 0.15) is 15.9 Å². The van der Waals surface area contributed by atoms with Gasteiger partial charge in [0, 0.05) is 26.3 Å². The van der Waals surface area contributed by atoms with Crippen molar-refractivity contribution < 1.29 is 22.7 Å². The normalized spacial score (nSPS) is 13.5. The van der Waals surface area contributed by atoms with E-state index in [1.165, 1.54) is 26.2 Å². The third-order valence-electron chi connectivity index (χ3n) is 4.44. The van der Waals surface area contributed by atoms with Gasteiger partial charge in [0.05, 0.1) is 10.6 Å². The topological polar surface area (TPSA) is 84.0 Å². The van der Waals surface area contributed by atoms with Gasteiger partial charge in [0.15, 0.2) is 6.61 Å². The van der Waals surface area contributed by atoms with Crippen molar-refractivity contribution in [1.82, 2.24) is 4.31 Å². The average molecular weight is 423 g/mol. The Morgan fingerprint density at radius 3 is 2.61 bits per heavy atom. The van der Waals surface area contributed by atoms with Crippen LogP contribution in [0.2, 0.25) is 5.02 Å². The number of nitrogens with zero attached hydrogens (tertiary/aromatic N) is 2. The van der Waals surface area contributed by atoms with Crippen molar-refractivity contribution >= 4 is 39.2 Å². The van der Waals surface area contributed by atoms with Crippen molar-refractivity contribution in [3.8, 4) is 0 Å². The van der Waals surface area contributed by atoms with Crippen LogP contribution in [-0.4, -0.2) is 51.8 Å². The molecule has 7 nitrogen and oxygen atoms in total. The molecule has 1 aliphatic rings. The van der Waals surface area contributed by atoms with Crippen LogP contribution in [0.5, 0.6) is 0 Å². The Bertz CT molecular complexity index is 1040. The summed E-state index contributed by atoms with van der Waals surface area (Å²) in [6.45, 7) is 0.0907. The highest BCUT2D eigenvalue weighted by atomic mass is 35.5. The summed E-state index contributed by atoms with van der Waals surface area (Å²) in [4.78, 5) is 26.1. The third kappa shape index (κ3) is 3.89. The van der Waals surface area contributed by atoms with Crippen molar-refractivity contribution in [3.05, 3.63) is 58.6 Å². The van der Waals surface area contributed by atoms with Crippen LogP contribution in [0.25, 0.3) is 0 Å². The van der Waals surface area contributed by atoms with Crippen LogP contribution in [0.3, 0.4) is 0 Å². The number of amides is 1. The summed E-state index contributed by atoms with van der Waals surface area (Å²) < 4.78 is 30.7. The lowest BCUT2D eigenvalue weighted by molar-refractivity contribution is -0.121. The fourth-order valence-corrected chi connectivity index (χ4v) is 4.30. The molecule has 0 radical (unpaired) electrons. The molecule has 2 aromatic rings. The Labute approximate surface area is 168 Å². The highest BCUT2D eigenvalue weighted by molar-refractivity contribution is 7.89. The molecular weight excluding hydrogens is 404 g/mol. The Morgan fingerprint density at radius 2 is 1.89 bits per heavy atom. The molecule has 148 valence electrons.